The van der Waals surface area contributed by atoms with Gasteiger partial charge in [-0.3, -0.25) is 0 Å². The summed E-state index contributed by atoms with van der Waals surface area (Å²) in [6.45, 7) is 5.56. The van der Waals surface area contributed by atoms with Crippen LogP contribution in [-0.4, -0.2) is 29.9 Å². The summed E-state index contributed by atoms with van der Waals surface area (Å²) in [6.07, 6.45) is 1.69. The molecule has 16 heavy (non-hydrogen) atoms. The van der Waals surface area contributed by atoms with E-state index in [4.69, 9.17) is 9.52 Å². The average molecular weight is 227 g/mol. The maximum Gasteiger partial charge on any atom is 0.133 e. The Hall–Kier alpha value is -0.840. The first-order chi connectivity index (χ1) is 7.55. The first kappa shape index (κ1) is 13.2. The van der Waals surface area contributed by atoms with Gasteiger partial charge < -0.3 is 19.9 Å². The topological polar surface area (TPSA) is 65.6 Å². The van der Waals surface area contributed by atoms with Crippen LogP contribution in [0.4, 0.5) is 0 Å². The summed E-state index contributed by atoms with van der Waals surface area (Å²) in [5.41, 5.74) is 0.0393. The van der Waals surface area contributed by atoms with Gasteiger partial charge in [-0.05, 0) is 24.0 Å². The van der Waals surface area contributed by atoms with Crippen LogP contribution in [0.25, 0.3) is 0 Å². The fourth-order valence-electron chi connectivity index (χ4n) is 1.52. The van der Waals surface area contributed by atoms with E-state index >= 15 is 0 Å². The summed E-state index contributed by atoms with van der Waals surface area (Å²) in [6, 6.07) is 3.51. The zero-order valence-electron chi connectivity index (χ0n) is 9.94. The second-order valence-corrected chi connectivity index (χ2v) is 4.80. The number of hydrogen-bond donors (Lipinski definition) is 3. The van der Waals surface area contributed by atoms with Gasteiger partial charge in [-0.2, -0.15) is 0 Å². The number of aliphatic hydroxyl groups excluding tert-OH is 2. The van der Waals surface area contributed by atoms with E-state index in [0.717, 1.165) is 13.0 Å². The van der Waals surface area contributed by atoms with Gasteiger partial charge in [0.25, 0.3) is 0 Å². The minimum Gasteiger partial charge on any atom is -0.467 e. The van der Waals surface area contributed by atoms with Crippen molar-refractivity contribution < 1.29 is 14.6 Å². The summed E-state index contributed by atoms with van der Waals surface area (Å²) in [5.74, 6) is 0.576. The SMILES string of the molecule is CC(C)(CCO)CNCC(O)c1ccco1. The van der Waals surface area contributed by atoms with Crippen LogP contribution in [0.2, 0.25) is 0 Å². The molecule has 4 heteroatoms. The minimum absolute atomic E-state index is 0.0393. The number of aliphatic hydroxyl groups is 2. The lowest BCUT2D eigenvalue weighted by molar-refractivity contribution is 0.139. The molecule has 0 radical (unpaired) electrons. The Bertz CT molecular complexity index is 282. The molecular weight excluding hydrogens is 206 g/mol. The molecule has 1 rings (SSSR count). The number of furan rings is 1. The molecule has 0 aliphatic heterocycles. The van der Waals surface area contributed by atoms with Crippen LogP contribution in [0.3, 0.4) is 0 Å². The zero-order valence-corrected chi connectivity index (χ0v) is 9.94. The monoisotopic (exact) mass is 227 g/mol. The van der Waals surface area contributed by atoms with Gasteiger partial charge in [-0.1, -0.05) is 13.8 Å². The van der Waals surface area contributed by atoms with Crippen molar-refractivity contribution in [3.8, 4) is 0 Å². The van der Waals surface area contributed by atoms with Gasteiger partial charge in [-0.25, -0.2) is 0 Å². The van der Waals surface area contributed by atoms with Gasteiger partial charge in [0.05, 0.1) is 6.26 Å². The number of hydrogen-bond acceptors (Lipinski definition) is 4. The normalized spacial score (nSPS) is 14.0. The highest BCUT2D eigenvalue weighted by atomic mass is 16.4. The van der Waals surface area contributed by atoms with Crippen molar-refractivity contribution in [2.75, 3.05) is 19.7 Å². The highest BCUT2D eigenvalue weighted by Gasteiger charge is 2.17. The molecule has 0 aliphatic carbocycles. The van der Waals surface area contributed by atoms with Gasteiger partial charge in [-0.15, -0.1) is 0 Å². The van der Waals surface area contributed by atoms with Crippen LogP contribution < -0.4 is 5.32 Å². The molecule has 92 valence electrons. The van der Waals surface area contributed by atoms with Gasteiger partial charge in [0.15, 0.2) is 0 Å². The van der Waals surface area contributed by atoms with Gasteiger partial charge in [0, 0.05) is 19.7 Å². The highest BCUT2D eigenvalue weighted by molar-refractivity contribution is 5.02. The molecule has 0 bridgehead atoms. The van der Waals surface area contributed by atoms with Crippen molar-refractivity contribution in [2.45, 2.75) is 26.4 Å². The molecule has 1 unspecified atom stereocenters. The Morgan fingerprint density at radius 3 is 2.81 bits per heavy atom. The predicted molar refractivity (Wildman–Crippen MR) is 62.0 cm³/mol. The van der Waals surface area contributed by atoms with Crippen LogP contribution >= 0.6 is 0 Å². The van der Waals surface area contributed by atoms with E-state index in [1.165, 1.54) is 0 Å². The Morgan fingerprint density at radius 2 is 2.25 bits per heavy atom. The maximum atomic E-state index is 9.73. The Balaban J connectivity index is 2.25. The lowest BCUT2D eigenvalue weighted by atomic mass is 9.90. The average Bonchev–Trinajstić information content (AvgIpc) is 2.69. The van der Waals surface area contributed by atoms with E-state index in [1.54, 1.807) is 18.4 Å². The summed E-state index contributed by atoms with van der Waals surface area (Å²) < 4.78 is 5.10. The second kappa shape index (κ2) is 6.03. The quantitative estimate of drug-likeness (QED) is 0.657. The Morgan fingerprint density at radius 1 is 1.50 bits per heavy atom. The molecule has 4 nitrogen and oxygen atoms in total. The van der Waals surface area contributed by atoms with E-state index in [1.807, 2.05) is 0 Å². The predicted octanol–water partition coefficient (Wildman–Crippen LogP) is 1.31. The zero-order chi connectivity index (χ0) is 12.0. The molecular formula is C12H21NO3. The van der Waals surface area contributed by atoms with Crippen molar-refractivity contribution in [2.24, 2.45) is 5.41 Å². The molecule has 0 spiro atoms. The lowest BCUT2D eigenvalue weighted by Crippen LogP contribution is -2.32. The molecule has 0 amide bonds. The molecule has 1 aromatic rings. The minimum atomic E-state index is -0.611. The first-order valence-corrected chi connectivity index (χ1v) is 5.58. The maximum absolute atomic E-state index is 9.73. The third kappa shape index (κ3) is 4.35. The second-order valence-electron chi connectivity index (χ2n) is 4.80. The Kier molecular flexibility index (Phi) is 4.99. The van der Waals surface area contributed by atoms with Gasteiger partial charge in [0.2, 0.25) is 0 Å². The van der Waals surface area contributed by atoms with Crippen LogP contribution in [0.5, 0.6) is 0 Å². The van der Waals surface area contributed by atoms with Crippen LogP contribution in [0, 0.1) is 5.41 Å². The first-order valence-electron chi connectivity index (χ1n) is 5.58. The lowest BCUT2D eigenvalue weighted by Gasteiger charge is -2.24. The largest absolute Gasteiger partial charge is 0.467 e. The molecule has 0 aliphatic rings. The van der Waals surface area contributed by atoms with Crippen molar-refractivity contribution in [1.82, 2.24) is 5.32 Å². The van der Waals surface area contributed by atoms with E-state index in [2.05, 4.69) is 19.2 Å². The summed E-state index contributed by atoms with van der Waals surface area (Å²) >= 11 is 0. The van der Waals surface area contributed by atoms with Crippen molar-refractivity contribution in [3.05, 3.63) is 24.2 Å². The van der Waals surface area contributed by atoms with E-state index < -0.39 is 6.10 Å². The fourth-order valence-corrected chi connectivity index (χ4v) is 1.52. The third-order valence-corrected chi connectivity index (χ3v) is 2.60. The van der Waals surface area contributed by atoms with Crippen molar-refractivity contribution in [3.63, 3.8) is 0 Å². The van der Waals surface area contributed by atoms with Crippen LogP contribution in [-0.2, 0) is 0 Å². The molecule has 1 heterocycles. The number of nitrogens with one attached hydrogen (secondary N) is 1. The standard InChI is InChI=1S/C12H21NO3/c1-12(2,5-6-14)9-13-8-10(15)11-4-3-7-16-11/h3-4,7,10,13-15H,5-6,8-9H2,1-2H3. The third-order valence-electron chi connectivity index (χ3n) is 2.60. The molecule has 0 aromatic carbocycles. The molecule has 1 aromatic heterocycles. The molecule has 0 fully saturated rings. The molecule has 0 saturated heterocycles. The highest BCUT2D eigenvalue weighted by Crippen LogP contribution is 2.18. The number of rotatable bonds is 7. The van der Waals surface area contributed by atoms with Crippen molar-refractivity contribution in [1.29, 1.82) is 0 Å². The molecule has 0 saturated carbocycles. The summed E-state index contributed by atoms with van der Waals surface area (Å²) in [7, 11) is 0. The summed E-state index contributed by atoms with van der Waals surface area (Å²) in [5, 5.41) is 21.8. The fraction of sp³-hybridized carbons (Fsp3) is 0.667. The van der Waals surface area contributed by atoms with E-state index in [-0.39, 0.29) is 12.0 Å². The molecule has 1 atom stereocenters. The van der Waals surface area contributed by atoms with Crippen molar-refractivity contribution >= 4 is 0 Å². The van der Waals surface area contributed by atoms with E-state index in [0.29, 0.717) is 12.3 Å². The van der Waals surface area contributed by atoms with Crippen LogP contribution in [0.15, 0.2) is 22.8 Å². The summed E-state index contributed by atoms with van der Waals surface area (Å²) in [4.78, 5) is 0. The Labute approximate surface area is 96.3 Å². The van der Waals surface area contributed by atoms with E-state index in [9.17, 15) is 5.11 Å². The molecule has 3 N–H and O–H groups in total. The van der Waals surface area contributed by atoms with Crippen LogP contribution in [0.1, 0.15) is 32.1 Å². The van der Waals surface area contributed by atoms with Gasteiger partial charge in [0.1, 0.15) is 11.9 Å². The van der Waals surface area contributed by atoms with Gasteiger partial charge >= 0.3 is 0 Å². The smallest absolute Gasteiger partial charge is 0.133 e.